The first-order valence-corrected chi connectivity index (χ1v) is 13.9. The standard InChI is InChI=1S/C28H35Cl2NO3S/c1-17(2)24(16-35-18(3)4)31-26(19-9-11-21(29)12-10-19)23(20-7-6-8-22(30)13-20)14-28(5,27(31)34)15-25(32)33/h6-13,17-18,23-24,26H,14-16H2,1-5H3,(H,32,33)/t23-,24-,26-,28-/m1/s1. The molecule has 1 saturated heterocycles. The van der Waals surface area contributed by atoms with E-state index < -0.39 is 11.4 Å². The van der Waals surface area contributed by atoms with Gasteiger partial charge in [0.25, 0.3) is 0 Å². The van der Waals surface area contributed by atoms with E-state index in [1.807, 2.05) is 65.2 Å². The van der Waals surface area contributed by atoms with Crippen molar-refractivity contribution in [1.82, 2.24) is 4.90 Å². The maximum absolute atomic E-state index is 14.3. The fourth-order valence-electron chi connectivity index (χ4n) is 5.13. The van der Waals surface area contributed by atoms with Gasteiger partial charge in [-0.25, -0.2) is 0 Å². The predicted molar refractivity (Wildman–Crippen MR) is 146 cm³/mol. The van der Waals surface area contributed by atoms with Crippen molar-refractivity contribution in [3.63, 3.8) is 0 Å². The lowest BCUT2D eigenvalue weighted by Gasteiger charge is -2.52. The molecular formula is C28H35Cl2NO3S. The van der Waals surface area contributed by atoms with Crippen LogP contribution in [0.1, 0.15) is 70.5 Å². The van der Waals surface area contributed by atoms with Crippen LogP contribution in [-0.2, 0) is 9.59 Å². The molecule has 0 aromatic heterocycles. The van der Waals surface area contributed by atoms with Gasteiger partial charge in [0.15, 0.2) is 0 Å². The number of likely N-dealkylation sites (tertiary alicyclic amines) is 1. The second kappa shape index (κ2) is 11.6. The van der Waals surface area contributed by atoms with Gasteiger partial charge in [-0.2, -0.15) is 11.8 Å². The van der Waals surface area contributed by atoms with Gasteiger partial charge in [0.1, 0.15) is 0 Å². The van der Waals surface area contributed by atoms with E-state index in [0.29, 0.717) is 21.7 Å². The molecule has 0 unspecified atom stereocenters. The van der Waals surface area contributed by atoms with Crippen LogP contribution in [0.15, 0.2) is 48.5 Å². The second-order valence-corrected chi connectivity index (χ2v) is 12.9. The SMILES string of the molecule is CC(C)SC[C@H](C(C)C)N1C(=O)[C@@](C)(CC(=O)O)C[C@H](c2cccc(Cl)c2)[C@H]1c1ccc(Cl)cc1. The number of halogens is 2. The lowest BCUT2D eigenvalue weighted by molar-refractivity contribution is -0.161. The number of carbonyl (C=O) groups excluding carboxylic acids is 1. The summed E-state index contributed by atoms with van der Waals surface area (Å²) in [6.07, 6.45) is 0.208. The highest BCUT2D eigenvalue weighted by molar-refractivity contribution is 7.99. The average molecular weight is 537 g/mol. The highest BCUT2D eigenvalue weighted by Crippen LogP contribution is 2.52. The smallest absolute Gasteiger partial charge is 0.304 e. The van der Waals surface area contributed by atoms with E-state index in [2.05, 4.69) is 27.7 Å². The van der Waals surface area contributed by atoms with Crippen LogP contribution in [0.2, 0.25) is 10.0 Å². The fraction of sp³-hybridized carbons (Fsp3) is 0.500. The predicted octanol–water partition coefficient (Wildman–Crippen LogP) is 7.70. The number of thioether (sulfide) groups is 1. The molecule has 1 N–H and O–H groups in total. The van der Waals surface area contributed by atoms with Crippen LogP contribution in [0.5, 0.6) is 0 Å². The number of piperidine rings is 1. The zero-order valence-electron chi connectivity index (χ0n) is 21.0. The Kier molecular flexibility index (Phi) is 9.22. The number of carboxylic acids is 1. The highest BCUT2D eigenvalue weighted by atomic mass is 35.5. The molecule has 2 aromatic rings. The molecule has 0 saturated carbocycles. The Hall–Kier alpha value is -1.69. The first kappa shape index (κ1) is 27.9. The molecule has 35 heavy (non-hydrogen) atoms. The van der Waals surface area contributed by atoms with Crippen molar-refractivity contribution in [3.8, 4) is 0 Å². The number of aliphatic carboxylic acids is 1. The quantitative estimate of drug-likeness (QED) is 0.357. The topological polar surface area (TPSA) is 57.6 Å². The summed E-state index contributed by atoms with van der Waals surface area (Å²) in [6, 6.07) is 15.1. The Bertz CT molecular complexity index is 1040. The molecular weight excluding hydrogens is 501 g/mol. The largest absolute Gasteiger partial charge is 0.481 e. The molecule has 2 aromatic carbocycles. The third-order valence-electron chi connectivity index (χ3n) is 6.86. The number of benzene rings is 2. The Morgan fingerprint density at radius 3 is 2.29 bits per heavy atom. The van der Waals surface area contributed by atoms with Crippen molar-refractivity contribution in [2.24, 2.45) is 11.3 Å². The van der Waals surface area contributed by atoms with Gasteiger partial charge in [-0.3, -0.25) is 9.59 Å². The minimum Gasteiger partial charge on any atom is -0.481 e. The molecule has 1 aliphatic heterocycles. The van der Waals surface area contributed by atoms with Crippen LogP contribution in [0.25, 0.3) is 0 Å². The average Bonchev–Trinajstić information content (AvgIpc) is 2.76. The van der Waals surface area contributed by atoms with E-state index in [-0.39, 0.29) is 36.2 Å². The van der Waals surface area contributed by atoms with E-state index in [4.69, 9.17) is 23.2 Å². The van der Waals surface area contributed by atoms with Crippen LogP contribution < -0.4 is 0 Å². The molecule has 190 valence electrons. The van der Waals surface area contributed by atoms with E-state index in [0.717, 1.165) is 16.9 Å². The van der Waals surface area contributed by atoms with Crippen molar-refractivity contribution >= 4 is 46.8 Å². The number of hydrogen-bond acceptors (Lipinski definition) is 3. The summed E-state index contributed by atoms with van der Waals surface area (Å²) in [6.45, 7) is 10.4. The molecule has 1 heterocycles. The summed E-state index contributed by atoms with van der Waals surface area (Å²) in [5, 5.41) is 11.4. The monoisotopic (exact) mass is 535 g/mol. The number of amides is 1. The van der Waals surface area contributed by atoms with Gasteiger partial charge in [-0.15, -0.1) is 0 Å². The van der Waals surface area contributed by atoms with E-state index >= 15 is 0 Å². The number of rotatable bonds is 9. The van der Waals surface area contributed by atoms with Crippen molar-refractivity contribution in [2.75, 3.05) is 5.75 Å². The van der Waals surface area contributed by atoms with Crippen LogP contribution in [0.4, 0.5) is 0 Å². The molecule has 3 rings (SSSR count). The maximum atomic E-state index is 14.3. The maximum Gasteiger partial charge on any atom is 0.304 e. The minimum absolute atomic E-state index is 0.0642. The molecule has 4 atom stereocenters. The highest BCUT2D eigenvalue weighted by Gasteiger charge is 2.52. The number of nitrogens with zero attached hydrogens (tertiary/aromatic N) is 1. The third kappa shape index (κ3) is 6.55. The zero-order chi connectivity index (χ0) is 25.9. The number of carboxylic acid groups (broad SMARTS) is 1. The molecule has 0 spiro atoms. The number of hydrogen-bond donors (Lipinski definition) is 1. The van der Waals surface area contributed by atoms with Gasteiger partial charge < -0.3 is 10.0 Å². The Labute approximate surface area is 223 Å². The number of carbonyl (C=O) groups is 2. The molecule has 0 radical (unpaired) electrons. The third-order valence-corrected chi connectivity index (χ3v) is 8.55. The van der Waals surface area contributed by atoms with Crippen molar-refractivity contribution < 1.29 is 14.7 Å². The molecule has 4 nitrogen and oxygen atoms in total. The molecule has 1 aliphatic rings. The Morgan fingerprint density at radius 1 is 1.09 bits per heavy atom. The lowest BCUT2D eigenvalue weighted by atomic mass is 9.66. The molecule has 1 amide bonds. The van der Waals surface area contributed by atoms with Gasteiger partial charge >= 0.3 is 5.97 Å². The summed E-state index contributed by atoms with van der Waals surface area (Å²) in [4.78, 5) is 28.2. The molecule has 0 bridgehead atoms. The van der Waals surface area contributed by atoms with E-state index in [1.165, 1.54) is 0 Å². The van der Waals surface area contributed by atoms with E-state index in [1.54, 1.807) is 6.92 Å². The van der Waals surface area contributed by atoms with Crippen LogP contribution >= 0.6 is 35.0 Å². The van der Waals surface area contributed by atoms with Gasteiger partial charge in [0, 0.05) is 27.8 Å². The Morgan fingerprint density at radius 2 is 1.74 bits per heavy atom. The zero-order valence-corrected chi connectivity index (χ0v) is 23.3. The van der Waals surface area contributed by atoms with Crippen molar-refractivity contribution in [3.05, 3.63) is 69.7 Å². The first-order valence-electron chi connectivity index (χ1n) is 12.1. The molecule has 0 aliphatic carbocycles. The van der Waals surface area contributed by atoms with Crippen molar-refractivity contribution in [2.45, 2.75) is 70.7 Å². The second-order valence-electron chi connectivity index (χ2n) is 10.4. The summed E-state index contributed by atoms with van der Waals surface area (Å²) >= 11 is 14.4. The summed E-state index contributed by atoms with van der Waals surface area (Å²) in [5.41, 5.74) is 0.966. The van der Waals surface area contributed by atoms with Gasteiger partial charge in [-0.1, -0.05) is 82.1 Å². The van der Waals surface area contributed by atoms with Gasteiger partial charge in [-0.05, 0) is 53.0 Å². The molecule has 1 fully saturated rings. The van der Waals surface area contributed by atoms with Crippen LogP contribution in [0.3, 0.4) is 0 Å². The fourth-order valence-corrected chi connectivity index (χ4v) is 6.58. The Balaban J connectivity index is 2.24. The first-order chi connectivity index (χ1) is 16.4. The van der Waals surface area contributed by atoms with Gasteiger partial charge in [0.2, 0.25) is 5.91 Å². The van der Waals surface area contributed by atoms with E-state index in [9.17, 15) is 14.7 Å². The minimum atomic E-state index is -1.03. The summed E-state index contributed by atoms with van der Waals surface area (Å²) < 4.78 is 0. The van der Waals surface area contributed by atoms with Crippen LogP contribution in [-0.4, -0.2) is 38.9 Å². The normalized spacial score (nSPS) is 23.7. The summed E-state index contributed by atoms with van der Waals surface area (Å²) in [5.74, 6) is -0.222. The van der Waals surface area contributed by atoms with Crippen molar-refractivity contribution in [1.29, 1.82) is 0 Å². The summed E-state index contributed by atoms with van der Waals surface area (Å²) in [7, 11) is 0. The van der Waals surface area contributed by atoms with Crippen LogP contribution in [0, 0.1) is 11.3 Å². The lowest BCUT2D eigenvalue weighted by Crippen LogP contribution is -2.58. The molecule has 7 heteroatoms. The van der Waals surface area contributed by atoms with Gasteiger partial charge in [0.05, 0.1) is 17.9 Å².